The molecular formula is C17H12N6O2S2. The molecule has 5 aromatic rings. The summed E-state index contributed by atoms with van der Waals surface area (Å²) >= 11 is 1.32. The van der Waals surface area contributed by atoms with Crippen LogP contribution in [0.15, 0.2) is 59.9 Å². The first kappa shape index (κ1) is 16.0. The number of nitrogens with two attached hydrogens (primary N) is 1. The van der Waals surface area contributed by atoms with Gasteiger partial charge in [0.2, 0.25) is 0 Å². The third-order valence-electron chi connectivity index (χ3n) is 4.19. The van der Waals surface area contributed by atoms with Crippen LogP contribution >= 0.6 is 11.3 Å². The van der Waals surface area contributed by atoms with Gasteiger partial charge < -0.3 is 10.7 Å². The number of aromatic nitrogens is 5. The third kappa shape index (κ3) is 2.41. The number of fused-ring (bicyclic) bond motifs is 3. The van der Waals surface area contributed by atoms with Crippen LogP contribution in [-0.4, -0.2) is 32.3 Å². The topological polar surface area (TPSA) is 120 Å². The monoisotopic (exact) mass is 396 g/mol. The van der Waals surface area contributed by atoms with E-state index in [9.17, 15) is 8.42 Å². The van der Waals surface area contributed by atoms with Gasteiger partial charge >= 0.3 is 0 Å². The molecule has 10 heteroatoms. The van der Waals surface area contributed by atoms with Crippen molar-refractivity contribution in [2.75, 3.05) is 5.73 Å². The summed E-state index contributed by atoms with van der Waals surface area (Å²) in [5, 5.41) is 1.10. The highest BCUT2D eigenvalue weighted by Crippen LogP contribution is 2.30. The van der Waals surface area contributed by atoms with Gasteiger partial charge in [0.15, 0.2) is 10.8 Å². The van der Waals surface area contributed by atoms with Gasteiger partial charge in [0.25, 0.3) is 10.0 Å². The van der Waals surface area contributed by atoms with E-state index in [0.29, 0.717) is 33.0 Å². The van der Waals surface area contributed by atoms with Crippen molar-refractivity contribution in [1.29, 1.82) is 0 Å². The molecule has 0 spiro atoms. The Morgan fingerprint density at radius 3 is 2.63 bits per heavy atom. The smallest absolute Gasteiger partial charge is 0.269 e. The Balaban J connectivity index is 1.71. The number of hydrogen-bond donors (Lipinski definition) is 2. The van der Waals surface area contributed by atoms with Crippen LogP contribution in [-0.2, 0) is 10.0 Å². The molecule has 27 heavy (non-hydrogen) atoms. The van der Waals surface area contributed by atoms with Gasteiger partial charge in [0.1, 0.15) is 11.3 Å². The van der Waals surface area contributed by atoms with Gasteiger partial charge in [0.05, 0.1) is 27.7 Å². The van der Waals surface area contributed by atoms with Crippen LogP contribution in [0, 0.1) is 0 Å². The Morgan fingerprint density at radius 1 is 1.07 bits per heavy atom. The standard InChI is InChI=1S/C17H12N6O2S2/c18-17-20-9-13(26-17)15-21-12-8-19-16-11(14(12)22-15)6-7-23(16)27(24,25)10-4-2-1-3-5-10/h1-9H,(H2,18,20)(H,21,22). The average Bonchev–Trinajstić information content (AvgIpc) is 3.38. The van der Waals surface area contributed by atoms with E-state index in [1.807, 2.05) is 0 Å². The molecular weight excluding hydrogens is 384 g/mol. The van der Waals surface area contributed by atoms with Crippen LogP contribution in [0.3, 0.4) is 0 Å². The number of aromatic amines is 1. The first-order valence-electron chi connectivity index (χ1n) is 7.92. The molecule has 4 aromatic heterocycles. The molecule has 0 aliphatic heterocycles. The molecule has 0 amide bonds. The van der Waals surface area contributed by atoms with Gasteiger partial charge in [-0.1, -0.05) is 29.5 Å². The number of nitrogens with one attached hydrogen (secondary N) is 1. The van der Waals surface area contributed by atoms with Crippen molar-refractivity contribution < 1.29 is 8.42 Å². The van der Waals surface area contributed by atoms with Crippen LogP contribution < -0.4 is 5.73 Å². The highest BCUT2D eigenvalue weighted by molar-refractivity contribution is 7.90. The zero-order valence-corrected chi connectivity index (χ0v) is 15.3. The Morgan fingerprint density at radius 2 is 1.89 bits per heavy atom. The zero-order valence-electron chi connectivity index (χ0n) is 13.7. The molecule has 0 fully saturated rings. The molecule has 5 rings (SSSR count). The largest absolute Gasteiger partial charge is 0.375 e. The molecule has 0 aliphatic rings. The average molecular weight is 396 g/mol. The van der Waals surface area contributed by atoms with Crippen molar-refractivity contribution in [2.45, 2.75) is 4.90 Å². The number of pyridine rings is 1. The highest BCUT2D eigenvalue weighted by atomic mass is 32.2. The normalized spacial score (nSPS) is 12.1. The molecule has 0 bridgehead atoms. The molecule has 0 saturated heterocycles. The van der Waals surface area contributed by atoms with E-state index in [0.717, 1.165) is 4.88 Å². The number of imidazole rings is 1. The summed E-state index contributed by atoms with van der Waals surface area (Å²) in [5.41, 5.74) is 7.37. The van der Waals surface area contributed by atoms with Crippen molar-refractivity contribution in [1.82, 2.24) is 23.9 Å². The minimum atomic E-state index is -3.74. The zero-order chi connectivity index (χ0) is 18.6. The van der Waals surface area contributed by atoms with Crippen molar-refractivity contribution in [3.05, 3.63) is 55.0 Å². The second kappa shape index (κ2) is 5.63. The van der Waals surface area contributed by atoms with Crippen LogP contribution in [0.4, 0.5) is 5.13 Å². The number of thiazole rings is 1. The molecule has 4 heterocycles. The number of rotatable bonds is 3. The maximum atomic E-state index is 12.9. The van der Waals surface area contributed by atoms with Crippen LogP contribution in [0.1, 0.15) is 0 Å². The van der Waals surface area contributed by atoms with Crippen LogP contribution in [0.5, 0.6) is 0 Å². The summed E-state index contributed by atoms with van der Waals surface area (Å²) < 4.78 is 27.1. The molecule has 0 atom stereocenters. The second-order valence-electron chi connectivity index (χ2n) is 5.84. The van der Waals surface area contributed by atoms with E-state index in [-0.39, 0.29) is 4.90 Å². The van der Waals surface area contributed by atoms with Gasteiger partial charge in [-0.25, -0.2) is 27.3 Å². The second-order valence-corrected chi connectivity index (χ2v) is 8.71. The minimum Gasteiger partial charge on any atom is -0.375 e. The lowest BCUT2D eigenvalue weighted by atomic mass is 10.3. The number of nitrogen functional groups attached to an aromatic ring is 1. The van der Waals surface area contributed by atoms with Gasteiger partial charge in [-0.15, -0.1) is 0 Å². The molecule has 1 aromatic carbocycles. The number of hydrogen-bond acceptors (Lipinski definition) is 7. The van der Waals surface area contributed by atoms with Crippen molar-refractivity contribution in [2.24, 2.45) is 0 Å². The van der Waals surface area contributed by atoms with E-state index in [1.165, 1.54) is 21.5 Å². The number of anilines is 1. The predicted octanol–water partition coefficient (Wildman–Crippen LogP) is 2.86. The fraction of sp³-hybridized carbons (Fsp3) is 0. The summed E-state index contributed by atoms with van der Waals surface area (Å²) in [6, 6.07) is 9.96. The SMILES string of the molecule is Nc1ncc(-c2nc3c(cnc4c3ccn4S(=O)(=O)c3ccccc3)[nH]2)s1. The Bertz CT molecular complexity index is 1400. The lowest BCUT2D eigenvalue weighted by Gasteiger charge is -2.06. The maximum Gasteiger partial charge on any atom is 0.269 e. The van der Waals surface area contributed by atoms with E-state index in [1.54, 1.807) is 48.8 Å². The van der Waals surface area contributed by atoms with Crippen molar-refractivity contribution in [3.63, 3.8) is 0 Å². The molecule has 0 saturated carbocycles. The first-order chi connectivity index (χ1) is 13.0. The van der Waals surface area contributed by atoms with Gasteiger partial charge in [-0.2, -0.15) is 0 Å². The fourth-order valence-corrected chi connectivity index (χ4v) is 4.89. The summed E-state index contributed by atoms with van der Waals surface area (Å²) in [6.07, 6.45) is 4.72. The Hall–Kier alpha value is -3.24. The lowest BCUT2D eigenvalue weighted by Crippen LogP contribution is -2.12. The number of benzene rings is 1. The number of nitrogens with zero attached hydrogens (tertiary/aromatic N) is 4. The molecule has 134 valence electrons. The summed E-state index contributed by atoms with van der Waals surface area (Å²) in [6.45, 7) is 0. The number of H-pyrrole nitrogens is 1. The Labute approximate surface area is 157 Å². The highest BCUT2D eigenvalue weighted by Gasteiger charge is 2.21. The quantitative estimate of drug-likeness (QED) is 0.484. The Kier molecular flexibility index (Phi) is 3.33. The summed E-state index contributed by atoms with van der Waals surface area (Å²) in [7, 11) is -3.74. The predicted molar refractivity (Wildman–Crippen MR) is 104 cm³/mol. The van der Waals surface area contributed by atoms with Gasteiger partial charge in [0, 0.05) is 11.6 Å². The fourth-order valence-electron chi connectivity index (χ4n) is 2.94. The lowest BCUT2D eigenvalue weighted by molar-refractivity contribution is 0.589. The molecule has 3 N–H and O–H groups in total. The van der Waals surface area contributed by atoms with E-state index in [2.05, 4.69) is 19.9 Å². The van der Waals surface area contributed by atoms with Gasteiger partial charge in [-0.3, -0.25) is 0 Å². The molecule has 0 unspecified atom stereocenters. The van der Waals surface area contributed by atoms with Crippen LogP contribution in [0.2, 0.25) is 0 Å². The van der Waals surface area contributed by atoms with E-state index >= 15 is 0 Å². The van der Waals surface area contributed by atoms with Crippen molar-refractivity contribution in [3.8, 4) is 10.7 Å². The van der Waals surface area contributed by atoms with Crippen LogP contribution in [0.25, 0.3) is 32.8 Å². The maximum absolute atomic E-state index is 12.9. The molecule has 0 radical (unpaired) electrons. The van der Waals surface area contributed by atoms with Gasteiger partial charge in [-0.05, 0) is 18.2 Å². The van der Waals surface area contributed by atoms with E-state index < -0.39 is 10.0 Å². The third-order valence-corrected chi connectivity index (χ3v) is 6.70. The minimum absolute atomic E-state index is 0.201. The molecule has 0 aliphatic carbocycles. The first-order valence-corrected chi connectivity index (χ1v) is 10.2. The van der Waals surface area contributed by atoms with E-state index in [4.69, 9.17) is 5.73 Å². The molecule has 8 nitrogen and oxygen atoms in total. The van der Waals surface area contributed by atoms with Crippen molar-refractivity contribution >= 4 is 48.6 Å². The summed E-state index contributed by atoms with van der Waals surface area (Å²) in [5.74, 6) is 0.618. The summed E-state index contributed by atoms with van der Waals surface area (Å²) in [4.78, 5) is 17.2.